The Hall–Kier alpha value is -0.270. The monoisotopic (exact) mass is 335 g/mol. The van der Waals surface area contributed by atoms with Gasteiger partial charge in [-0.25, -0.2) is 8.42 Å². The molecule has 1 heterocycles. The van der Waals surface area contributed by atoms with Crippen molar-refractivity contribution in [2.45, 2.75) is 43.8 Å². The molecule has 2 rings (SSSR count). The van der Waals surface area contributed by atoms with Crippen LogP contribution in [0.1, 0.15) is 38.5 Å². The Balaban J connectivity index is 1.70. The molecule has 1 aliphatic carbocycles. The molecule has 1 unspecified atom stereocenters. The number of hydrogen-bond acceptors (Lipinski definition) is 5. The van der Waals surface area contributed by atoms with Crippen molar-refractivity contribution in [3.63, 3.8) is 0 Å². The Bertz CT molecular complexity index is 458. The van der Waals surface area contributed by atoms with Crippen LogP contribution >= 0.6 is 11.8 Å². The van der Waals surface area contributed by atoms with Gasteiger partial charge in [-0.15, -0.1) is 11.8 Å². The molecule has 0 aromatic carbocycles. The van der Waals surface area contributed by atoms with Crippen molar-refractivity contribution in [1.29, 1.82) is 0 Å². The van der Waals surface area contributed by atoms with Gasteiger partial charge in [0.1, 0.15) is 0 Å². The van der Waals surface area contributed by atoms with Crippen LogP contribution in [0, 0.1) is 5.41 Å². The lowest BCUT2D eigenvalue weighted by molar-refractivity contribution is -0.119. The van der Waals surface area contributed by atoms with Gasteiger partial charge >= 0.3 is 0 Å². The molecule has 0 radical (unpaired) electrons. The SMILES string of the molecule is O=C(CSC1CCS(=O)(=O)C1)NCC1(CO)CCCCC1. The van der Waals surface area contributed by atoms with E-state index in [1.54, 1.807) is 0 Å². The van der Waals surface area contributed by atoms with Crippen LogP contribution in [0.4, 0.5) is 0 Å². The molecule has 21 heavy (non-hydrogen) atoms. The lowest BCUT2D eigenvalue weighted by atomic mass is 9.74. The highest BCUT2D eigenvalue weighted by atomic mass is 32.2. The number of nitrogens with one attached hydrogen (secondary N) is 1. The van der Waals surface area contributed by atoms with Gasteiger partial charge in [0.2, 0.25) is 5.91 Å². The fourth-order valence-corrected chi connectivity index (χ4v) is 6.59. The first-order chi connectivity index (χ1) is 9.95. The molecule has 0 spiro atoms. The summed E-state index contributed by atoms with van der Waals surface area (Å²) < 4.78 is 22.7. The normalized spacial score (nSPS) is 27.4. The van der Waals surface area contributed by atoms with E-state index in [9.17, 15) is 18.3 Å². The molecule has 0 aromatic rings. The number of sulfone groups is 1. The molecule has 1 saturated carbocycles. The number of rotatable bonds is 6. The molecule has 122 valence electrons. The van der Waals surface area contributed by atoms with Crippen LogP contribution in [0.5, 0.6) is 0 Å². The van der Waals surface area contributed by atoms with Crippen LogP contribution in [0.25, 0.3) is 0 Å². The number of hydrogen-bond donors (Lipinski definition) is 2. The van der Waals surface area contributed by atoms with E-state index in [-0.39, 0.29) is 34.7 Å². The summed E-state index contributed by atoms with van der Waals surface area (Å²) in [6.07, 6.45) is 6.04. The fourth-order valence-electron chi connectivity index (χ4n) is 3.12. The Morgan fingerprint density at radius 2 is 2.00 bits per heavy atom. The molecule has 2 N–H and O–H groups in total. The van der Waals surface area contributed by atoms with Crippen molar-refractivity contribution in [1.82, 2.24) is 5.32 Å². The molecule has 5 nitrogen and oxygen atoms in total. The number of carbonyl (C=O) groups excluding carboxylic acids is 1. The minimum atomic E-state index is -2.87. The second kappa shape index (κ2) is 7.33. The minimum Gasteiger partial charge on any atom is -0.396 e. The molecule has 0 aromatic heterocycles. The van der Waals surface area contributed by atoms with E-state index in [0.29, 0.717) is 18.7 Å². The maximum atomic E-state index is 11.9. The number of amides is 1. The van der Waals surface area contributed by atoms with Gasteiger partial charge < -0.3 is 10.4 Å². The van der Waals surface area contributed by atoms with Gasteiger partial charge in [-0.1, -0.05) is 19.3 Å². The van der Waals surface area contributed by atoms with E-state index in [2.05, 4.69) is 5.32 Å². The molecule has 1 saturated heterocycles. The first-order valence-corrected chi connectivity index (χ1v) is 10.5. The first-order valence-electron chi connectivity index (χ1n) is 7.64. The predicted molar refractivity (Wildman–Crippen MR) is 85.1 cm³/mol. The molecule has 1 atom stereocenters. The second-order valence-corrected chi connectivity index (χ2v) is 9.85. The smallest absolute Gasteiger partial charge is 0.230 e. The van der Waals surface area contributed by atoms with Gasteiger partial charge in [0, 0.05) is 17.2 Å². The molecule has 2 aliphatic rings. The Labute approximate surface area is 131 Å². The van der Waals surface area contributed by atoms with Crippen molar-refractivity contribution in [2.75, 3.05) is 30.4 Å². The van der Waals surface area contributed by atoms with Crippen LogP contribution in [0.15, 0.2) is 0 Å². The topological polar surface area (TPSA) is 83.5 Å². The van der Waals surface area contributed by atoms with Gasteiger partial charge in [0.05, 0.1) is 23.9 Å². The summed E-state index contributed by atoms with van der Waals surface area (Å²) in [4.78, 5) is 11.9. The zero-order valence-corrected chi connectivity index (χ0v) is 14.0. The van der Waals surface area contributed by atoms with E-state index in [4.69, 9.17) is 0 Å². The first kappa shape index (κ1) is 17.1. The number of thioether (sulfide) groups is 1. The van der Waals surface area contributed by atoms with Crippen LogP contribution in [-0.2, 0) is 14.6 Å². The van der Waals surface area contributed by atoms with Crippen LogP contribution in [0.2, 0.25) is 0 Å². The quantitative estimate of drug-likeness (QED) is 0.755. The Kier molecular flexibility index (Phi) is 5.96. The summed E-state index contributed by atoms with van der Waals surface area (Å²) in [5, 5.41) is 12.6. The molecule has 1 amide bonds. The second-order valence-electron chi connectivity index (χ2n) is 6.33. The Morgan fingerprint density at radius 3 is 2.57 bits per heavy atom. The number of carbonyl (C=O) groups is 1. The maximum Gasteiger partial charge on any atom is 0.230 e. The summed E-state index contributed by atoms with van der Waals surface area (Å²) >= 11 is 1.43. The maximum absolute atomic E-state index is 11.9. The molecule has 2 fully saturated rings. The highest BCUT2D eigenvalue weighted by Gasteiger charge is 2.32. The van der Waals surface area contributed by atoms with Crippen LogP contribution in [-0.4, -0.2) is 55.1 Å². The van der Waals surface area contributed by atoms with Crippen molar-refractivity contribution in [3.8, 4) is 0 Å². The Morgan fingerprint density at radius 1 is 1.29 bits per heavy atom. The van der Waals surface area contributed by atoms with Crippen molar-refractivity contribution in [3.05, 3.63) is 0 Å². The third-order valence-electron chi connectivity index (χ3n) is 4.55. The van der Waals surface area contributed by atoms with E-state index in [1.807, 2.05) is 0 Å². The van der Waals surface area contributed by atoms with Crippen LogP contribution < -0.4 is 5.32 Å². The summed E-state index contributed by atoms with van der Waals surface area (Å²) in [6, 6.07) is 0. The largest absolute Gasteiger partial charge is 0.396 e. The van der Waals surface area contributed by atoms with Gasteiger partial charge in [0.15, 0.2) is 9.84 Å². The summed E-state index contributed by atoms with van der Waals surface area (Å²) in [5.41, 5.74) is -0.144. The molecule has 1 aliphatic heterocycles. The average Bonchev–Trinajstić information content (AvgIpc) is 2.83. The van der Waals surface area contributed by atoms with E-state index in [0.717, 1.165) is 25.7 Å². The molecular weight excluding hydrogens is 310 g/mol. The van der Waals surface area contributed by atoms with E-state index < -0.39 is 9.84 Å². The lowest BCUT2D eigenvalue weighted by Crippen LogP contribution is -2.42. The fraction of sp³-hybridized carbons (Fsp3) is 0.929. The van der Waals surface area contributed by atoms with Gasteiger partial charge in [0.25, 0.3) is 0 Å². The highest BCUT2D eigenvalue weighted by Crippen LogP contribution is 2.35. The standard InChI is InChI=1S/C14H25NO4S2/c16-11-14(5-2-1-3-6-14)10-15-13(17)8-20-12-4-7-21(18,19)9-12/h12,16H,1-11H2,(H,15,17). The van der Waals surface area contributed by atoms with Crippen molar-refractivity contribution >= 4 is 27.5 Å². The van der Waals surface area contributed by atoms with E-state index >= 15 is 0 Å². The molecule has 7 heteroatoms. The summed E-state index contributed by atoms with van der Waals surface area (Å²) in [5.74, 6) is 0.704. The summed E-state index contributed by atoms with van der Waals surface area (Å²) in [7, 11) is -2.87. The zero-order valence-electron chi connectivity index (χ0n) is 12.3. The average molecular weight is 335 g/mol. The van der Waals surface area contributed by atoms with Gasteiger partial charge in [-0.3, -0.25) is 4.79 Å². The van der Waals surface area contributed by atoms with Crippen molar-refractivity contribution in [2.24, 2.45) is 5.41 Å². The van der Waals surface area contributed by atoms with Gasteiger partial charge in [-0.05, 0) is 19.3 Å². The van der Waals surface area contributed by atoms with Crippen LogP contribution in [0.3, 0.4) is 0 Å². The van der Waals surface area contributed by atoms with E-state index in [1.165, 1.54) is 18.2 Å². The predicted octanol–water partition coefficient (Wildman–Crippen LogP) is 0.966. The molecular formula is C14H25NO4S2. The van der Waals surface area contributed by atoms with Gasteiger partial charge in [-0.2, -0.15) is 0 Å². The zero-order chi connectivity index (χ0) is 15.3. The third-order valence-corrected chi connectivity index (χ3v) is 7.83. The highest BCUT2D eigenvalue weighted by molar-refractivity contribution is 8.02. The van der Waals surface area contributed by atoms with Crippen molar-refractivity contribution < 1.29 is 18.3 Å². The number of aliphatic hydroxyl groups is 1. The minimum absolute atomic E-state index is 0.0531. The third kappa shape index (κ3) is 5.14. The molecule has 0 bridgehead atoms. The summed E-state index contributed by atoms with van der Waals surface area (Å²) in [6.45, 7) is 0.660. The number of aliphatic hydroxyl groups excluding tert-OH is 1. The lowest BCUT2D eigenvalue weighted by Gasteiger charge is -2.35.